The van der Waals surface area contributed by atoms with Crippen LogP contribution in [0.15, 0.2) is 71.1 Å². The van der Waals surface area contributed by atoms with Gasteiger partial charge in [0.15, 0.2) is 5.78 Å². The van der Waals surface area contributed by atoms with E-state index in [1.165, 1.54) is 12.1 Å². The molecule has 0 spiro atoms. The Labute approximate surface area is 199 Å². The highest BCUT2D eigenvalue weighted by molar-refractivity contribution is 6.04. The predicted molar refractivity (Wildman–Crippen MR) is 128 cm³/mol. The summed E-state index contributed by atoms with van der Waals surface area (Å²) >= 11 is 0. The maximum atomic E-state index is 14.2. The fourth-order valence-corrected chi connectivity index (χ4v) is 4.76. The van der Waals surface area contributed by atoms with Crippen molar-refractivity contribution in [1.29, 1.82) is 0 Å². The van der Waals surface area contributed by atoms with E-state index in [9.17, 15) is 14.0 Å². The van der Waals surface area contributed by atoms with Crippen molar-refractivity contribution >= 4 is 11.8 Å². The largest absolute Gasteiger partial charge is 0.497 e. The van der Waals surface area contributed by atoms with Gasteiger partial charge < -0.3 is 14.8 Å². The molecule has 0 bridgehead atoms. The normalized spacial score (nSPS) is 20.2. The molecule has 1 heterocycles. The number of allylic oxidation sites excluding steroid dienone is 3. The maximum absolute atomic E-state index is 14.2. The summed E-state index contributed by atoms with van der Waals surface area (Å²) in [6.45, 7) is 6.00. The average Bonchev–Trinajstić information content (AvgIpc) is 2.81. The smallest absolute Gasteiger partial charge is 0.336 e. The second kappa shape index (κ2) is 9.84. The number of hydrogen-bond acceptors (Lipinski definition) is 5. The molecule has 0 saturated carbocycles. The van der Waals surface area contributed by atoms with E-state index in [1.54, 1.807) is 19.2 Å². The van der Waals surface area contributed by atoms with Crippen molar-refractivity contribution in [1.82, 2.24) is 5.32 Å². The van der Waals surface area contributed by atoms with Gasteiger partial charge in [-0.15, -0.1) is 0 Å². The second-order valence-electron chi connectivity index (χ2n) is 9.34. The zero-order chi connectivity index (χ0) is 24.4. The first-order valence-corrected chi connectivity index (χ1v) is 11.6. The van der Waals surface area contributed by atoms with Crippen LogP contribution in [0.25, 0.3) is 0 Å². The van der Waals surface area contributed by atoms with Crippen LogP contribution in [0.1, 0.15) is 56.6 Å². The van der Waals surface area contributed by atoms with Gasteiger partial charge in [-0.25, -0.2) is 9.18 Å². The number of Topliss-reactive ketones (excluding diaryl/α,β-unsaturated/α-hetero) is 1. The van der Waals surface area contributed by atoms with Crippen molar-refractivity contribution in [3.05, 3.63) is 88.0 Å². The van der Waals surface area contributed by atoms with Crippen LogP contribution in [-0.2, 0) is 14.3 Å². The summed E-state index contributed by atoms with van der Waals surface area (Å²) in [6, 6.07) is 13.9. The summed E-state index contributed by atoms with van der Waals surface area (Å²) < 4.78 is 25.0. The van der Waals surface area contributed by atoms with Crippen LogP contribution in [0, 0.1) is 11.7 Å². The van der Waals surface area contributed by atoms with E-state index in [1.807, 2.05) is 45.0 Å². The Morgan fingerprint density at radius 2 is 1.85 bits per heavy atom. The first kappa shape index (κ1) is 23.7. The van der Waals surface area contributed by atoms with Gasteiger partial charge >= 0.3 is 5.97 Å². The van der Waals surface area contributed by atoms with Crippen LogP contribution in [0.4, 0.5) is 4.39 Å². The van der Waals surface area contributed by atoms with Gasteiger partial charge in [0.1, 0.15) is 11.6 Å². The third-order valence-electron chi connectivity index (χ3n) is 6.36. The summed E-state index contributed by atoms with van der Waals surface area (Å²) in [5, 5.41) is 3.32. The minimum atomic E-state index is -0.670. The van der Waals surface area contributed by atoms with E-state index in [2.05, 4.69) is 5.32 Å². The van der Waals surface area contributed by atoms with E-state index in [-0.39, 0.29) is 24.2 Å². The molecule has 1 aliphatic carbocycles. The van der Waals surface area contributed by atoms with E-state index < -0.39 is 17.7 Å². The van der Waals surface area contributed by atoms with Gasteiger partial charge in [0.05, 0.1) is 19.3 Å². The van der Waals surface area contributed by atoms with Crippen LogP contribution < -0.4 is 10.1 Å². The molecule has 4 rings (SSSR count). The lowest BCUT2D eigenvalue weighted by Crippen LogP contribution is -2.36. The third-order valence-corrected chi connectivity index (χ3v) is 6.36. The molecule has 2 aromatic carbocycles. The van der Waals surface area contributed by atoms with Gasteiger partial charge in [-0.1, -0.05) is 38.1 Å². The second-order valence-corrected chi connectivity index (χ2v) is 9.34. The van der Waals surface area contributed by atoms with Crippen LogP contribution in [0.2, 0.25) is 0 Å². The summed E-state index contributed by atoms with van der Waals surface area (Å²) in [6.07, 6.45) is 0.927. The molecule has 178 valence electrons. The SMILES string of the molecule is COc1ccc([C@@H]2CC(=O)C3=C(C2)NC(C)=C(C(=O)OCC(C)C)[C@@H]3c2cccc(F)c2)cc1. The fourth-order valence-electron chi connectivity index (χ4n) is 4.76. The number of carbonyl (C=O) groups excluding carboxylic acids is 2. The van der Waals surface area contributed by atoms with Crippen molar-refractivity contribution in [2.75, 3.05) is 13.7 Å². The molecule has 0 amide bonds. The van der Waals surface area contributed by atoms with E-state index in [0.717, 1.165) is 17.0 Å². The van der Waals surface area contributed by atoms with E-state index in [4.69, 9.17) is 9.47 Å². The first-order chi connectivity index (χ1) is 16.3. The van der Waals surface area contributed by atoms with Crippen LogP contribution in [0.5, 0.6) is 5.75 Å². The lowest BCUT2D eigenvalue weighted by Gasteiger charge is -2.36. The molecule has 5 nitrogen and oxygen atoms in total. The van der Waals surface area contributed by atoms with Crippen molar-refractivity contribution < 1.29 is 23.5 Å². The molecular weight excluding hydrogens is 433 g/mol. The standard InChI is InChI=1S/C28H30FNO4/c1-16(2)15-34-28(32)25-17(3)30-23-13-20(18-8-10-22(33-4)11-9-18)14-24(31)27(23)26(25)19-6-5-7-21(29)12-19/h5-12,16,20,26,30H,13-15H2,1-4H3/t20-,26-/m0/s1. The minimum Gasteiger partial charge on any atom is -0.497 e. The Kier molecular flexibility index (Phi) is 6.87. The zero-order valence-corrected chi connectivity index (χ0v) is 20.0. The number of ether oxygens (including phenoxy) is 2. The lowest BCUT2D eigenvalue weighted by molar-refractivity contribution is -0.140. The fraction of sp³-hybridized carbons (Fsp3) is 0.357. The van der Waals surface area contributed by atoms with Crippen LogP contribution in [-0.4, -0.2) is 25.5 Å². The van der Waals surface area contributed by atoms with Gasteiger partial charge in [0.25, 0.3) is 0 Å². The molecule has 6 heteroatoms. The molecule has 0 unspecified atom stereocenters. The maximum Gasteiger partial charge on any atom is 0.336 e. The molecule has 34 heavy (non-hydrogen) atoms. The van der Waals surface area contributed by atoms with Crippen molar-refractivity contribution in [2.45, 2.75) is 45.4 Å². The van der Waals surface area contributed by atoms with Gasteiger partial charge in [-0.3, -0.25) is 4.79 Å². The molecule has 1 aliphatic heterocycles. The number of methoxy groups -OCH3 is 1. The molecule has 2 aromatic rings. The number of ketones is 1. The summed E-state index contributed by atoms with van der Waals surface area (Å²) in [7, 11) is 1.62. The number of hydrogen-bond donors (Lipinski definition) is 1. The van der Waals surface area contributed by atoms with Crippen molar-refractivity contribution in [3.63, 3.8) is 0 Å². The Morgan fingerprint density at radius 3 is 2.50 bits per heavy atom. The minimum absolute atomic E-state index is 0.0000538. The molecule has 0 aromatic heterocycles. The van der Waals surface area contributed by atoms with Crippen LogP contribution in [0.3, 0.4) is 0 Å². The van der Waals surface area contributed by atoms with Gasteiger partial charge in [-0.05, 0) is 60.6 Å². The van der Waals surface area contributed by atoms with Gasteiger partial charge in [-0.2, -0.15) is 0 Å². The van der Waals surface area contributed by atoms with Gasteiger partial charge in [0.2, 0.25) is 0 Å². The number of benzene rings is 2. The molecule has 2 aliphatic rings. The highest BCUT2D eigenvalue weighted by atomic mass is 19.1. The highest BCUT2D eigenvalue weighted by Gasteiger charge is 2.41. The summed E-state index contributed by atoms with van der Waals surface area (Å²) in [5.74, 6) is -0.683. The first-order valence-electron chi connectivity index (χ1n) is 11.6. The molecule has 1 N–H and O–H groups in total. The molecule has 0 radical (unpaired) electrons. The lowest BCUT2D eigenvalue weighted by atomic mass is 9.71. The van der Waals surface area contributed by atoms with Crippen molar-refractivity contribution in [2.24, 2.45) is 5.92 Å². The molecule has 0 saturated heterocycles. The zero-order valence-electron chi connectivity index (χ0n) is 20.0. The summed E-state index contributed by atoms with van der Waals surface area (Å²) in [4.78, 5) is 26.7. The number of nitrogens with one attached hydrogen (secondary N) is 1. The van der Waals surface area contributed by atoms with E-state index in [0.29, 0.717) is 35.2 Å². The molecule has 0 fully saturated rings. The van der Waals surface area contributed by atoms with E-state index >= 15 is 0 Å². The number of esters is 1. The number of carbonyl (C=O) groups is 2. The summed E-state index contributed by atoms with van der Waals surface area (Å²) in [5.41, 5.74) is 3.92. The highest BCUT2D eigenvalue weighted by Crippen LogP contribution is 2.45. The topological polar surface area (TPSA) is 64.6 Å². The molecule has 2 atom stereocenters. The Hall–Kier alpha value is -3.41. The average molecular weight is 464 g/mol. The Morgan fingerprint density at radius 1 is 1.12 bits per heavy atom. The molecular formula is C28H30FNO4. The third kappa shape index (κ3) is 4.76. The number of rotatable bonds is 6. The Balaban J connectivity index is 1.74. The quantitative estimate of drug-likeness (QED) is 0.582. The predicted octanol–water partition coefficient (Wildman–Crippen LogP) is 5.40. The van der Waals surface area contributed by atoms with Gasteiger partial charge in [0, 0.05) is 29.3 Å². The number of dihydropyridines is 1. The number of halogens is 1. The van der Waals surface area contributed by atoms with Crippen LogP contribution >= 0.6 is 0 Å². The monoisotopic (exact) mass is 463 g/mol. The Bertz CT molecular complexity index is 1160. The van der Waals surface area contributed by atoms with Crippen molar-refractivity contribution in [3.8, 4) is 5.75 Å².